The predicted molar refractivity (Wildman–Crippen MR) is 101 cm³/mol. The predicted octanol–water partition coefficient (Wildman–Crippen LogP) is 2.72. The van der Waals surface area contributed by atoms with Gasteiger partial charge in [0, 0.05) is 25.0 Å². The molecule has 1 atom stereocenters. The number of carbonyl (C=O) groups excluding carboxylic acids is 3. The standard InChI is InChI=1S/C18H29O8P/c1-6-15(19)23-12-18(8-3,13-24-16(20)7-2)14-25-17(21)10-11-27(5,22)26-9-4/h6-7H,1-2,8-14H2,3-5H3. The van der Waals surface area contributed by atoms with Crippen LogP contribution in [0.25, 0.3) is 0 Å². The average Bonchev–Trinajstić information content (AvgIpc) is 2.65. The minimum Gasteiger partial charge on any atom is -0.465 e. The van der Waals surface area contributed by atoms with Crippen molar-refractivity contribution in [3.8, 4) is 0 Å². The van der Waals surface area contributed by atoms with Crippen LogP contribution in [0.1, 0.15) is 26.7 Å². The summed E-state index contributed by atoms with van der Waals surface area (Å²) in [5, 5.41) is 0. The molecule has 0 radical (unpaired) electrons. The summed E-state index contributed by atoms with van der Waals surface area (Å²) >= 11 is 0. The van der Waals surface area contributed by atoms with Crippen LogP contribution >= 0.6 is 7.37 Å². The fourth-order valence-electron chi connectivity index (χ4n) is 1.94. The van der Waals surface area contributed by atoms with Crippen molar-refractivity contribution >= 4 is 25.3 Å². The Morgan fingerprint density at radius 1 is 0.963 bits per heavy atom. The summed E-state index contributed by atoms with van der Waals surface area (Å²) in [7, 11) is -2.84. The summed E-state index contributed by atoms with van der Waals surface area (Å²) in [4.78, 5) is 34.7. The summed E-state index contributed by atoms with van der Waals surface area (Å²) in [5.74, 6) is -1.85. The van der Waals surface area contributed by atoms with Crippen LogP contribution < -0.4 is 0 Å². The van der Waals surface area contributed by atoms with E-state index in [1.165, 1.54) is 6.66 Å². The molecule has 0 aliphatic heterocycles. The molecule has 0 spiro atoms. The fourth-order valence-corrected chi connectivity index (χ4v) is 3.20. The Kier molecular flexibility index (Phi) is 11.6. The lowest BCUT2D eigenvalue weighted by Crippen LogP contribution is -2.38. The van der Waals surface area contributed by atoms with Crippen LogP contribution in [0.4, 0.5) is 0 Å². The zero-order valence-corrected chi connectivity index (χ0v) is 17.1. The summed E-state index contributed by atoms with van der Waals surface area (Å²) in [6, 6.07) is 0. The third-order valence-corrected chi connectivity index (χ3v) is 5.63. The van der Waals surface area contributed by atoms with Crippen molar-refractivity contribution in [1.29, 1.82) is 0 Å². The highest BCUT2D eigenvalue weighted by molar-refractivity contribution is 7.58. The highest BCUT2D eigenvalue weighted by atomic mass is 31.2. The zero-order valence-electron chi connectivity index (χ0n) is 16.2. The molecule has 0 fully saturated rings. The normalized spacial score (nSPS) is 13.1. The van der Waals surface area contributed by atoms with Gasteiger partial charge in [-0.1, -0.05) is 20.1 Å². The summed E-state index contributed by atoms with van der Waals surface area (Å²) < 4.78 is 32.5. The lowest BCUT2D eigenvalue weighted by Gasteiger charge is -2.30. The number of rotatable bonds is 14. The molecule has 0 bridgehead atoms. The largest absolute Gasteiger partial charge is 0.465 e. The topological polar surface area (TPSA) is 105 Å². The highest BCUT2D eigenvalue weighted by Gasteiger charge is 2.34. The Balaban J connectivity index is 4.89. The molecule has 0 aromatic heterocycles. The minimum absolute atomic E-state index is 0.0652. The van der Waals surface area contributed by atoms with Gasteiger partial charge >= 0.3 is 17.9 Å². The van der Waals surface area contributed by atoms with Crippen LogP contribution in [0.5, 0.6) is 0 Å². The van der Waals surface area contributed by atoms with E-state index in [9.17, 15) is 18.9 Å². The van der Waals surface area contributed by atoms with Crippen LogP contribution in [0.15, 0.2) is 25.3 Å². The number of hydrogen-bond donors (Lipinski definition) is 0. The first-order valence-electron chi connectivity index (χ1n) is 8.58. The van der Waals surface area contributed by atoms with Gasteiger partial charge in [0.1, 0.15) is 19.8 Å². The number of ether oxygens (including phenoxy) is 3. The van der Waals surface area contributed by atoms with Crippen molar-refractivity contribution in [3.05, 3.63) is 25.3 Å². The Bertz CT molecular complexity index is 560. The van der Waals surface area contributed by atoms with Crippen molar-refractivity contribution in [3.63, 3.8) is 0 Å². The molecule has 0 N–H and O–H groups in total. The molecule has 0 aromatic carbocycles. The molecule has 27 heavy (non-hydrogen) atoms. The second-order valence-electron chi connectivity index (χ2n) is 6.04. The van der Waals surface area contributed by atoms with E-state index in [0.29, 0.717) is 13.0 Å². The maximum atomic E-state index is 12.0. The fraction of sp³-hybridized carbons (Fsp3) is 0.611. The maximum Gasteiger partial charge on any atom is 0.330 e. The van der Waals surface area contributed by atoms with Gasteiger partial charge in [0.25, 0.3) is 0 Å². The van der Waals surface area contributed by atoms with Crippen LogP contribution in [0.2, 0.25) is 0 Å². The Morgan fingerprint density at radius 3 is 1.85 bits per heavy atom. The van der Waals surface area contributed by atoms with Crippen molar-refractivity contribution in [2.24, 2.45) is 5.41 Å². The first-order valence-corrected chi connectivity index (χ1v) is 10.8. The van der Waals surface area contributed by atoms with E-state index >= 15 is 0 Å². The molecular weight excluding hydrogens is 375 g/mol. The molecule has 154 valence electrons. The van der Waals surface area contributed by atoms with Crippen molar-refractivity contribution in [2.75, 3.05) is 39.3 Å². The third-order valence-electron chi connectivity index (χ3n) is 3.79. The van der Waals surface area contributed by atoms with Gasteiger partial charge in [-0.15, -0.1) is 0 Å². The van der Waals surface area contributed by atoms with E-state index < -0.39 is 30.7 Å². The molecular formula is C18H29O8P. The molecule has 0 amide bonds. The summed E-state index contributed by atoms with van der Waals surface area (Å²) in [6.45, 7) is 11.5. The van der Waals surface area contributed by atoms with Gasteiger partial charge in [-0.2, -0.15) is 0 Å². The Labute approximate surface area is 160 Å². The van der Waals surface area contributed by atoms with Crippen LogP contribution in [-0.4, -0.2) is 57.2 Å². The van der Waals surface area contributed by atoms with Crippen molar-refractivity contribution in [1.82, 2.24) is 0 Å². The molecule has 9 heteroatoms. The molecule has 1 unspecified atom stereocenters. The SMILES string of the molecule is C=CC(=O)OCC(CC)(COC(=O)C=C)COC(=O)CCP(C)(=O)OCC. The van der Waals surface area contributed by atoms with Gasteiger partial charge in [-0.25, -0.2) is 9.59 Å². The molecule has 0 aliphatic rings. The van der Waals surface area contributed by atoms with Crippen LogP contribution in [-0.2, 0) is 37.7 Å². The lowest BCUT2D eigenvalue weighted by atomic mass is 9.88. The van der Waals surface area contributed by atoms with E-state index in [4.69, 9.17) is 18.7 Å². The summed E-state index contributed by atoms with van der Waals surface area (Å²) in [5.41, 5.74) is -0.914. The molecule has 0 aliphatic carbocycles. The number of carbonyl (C=O) groups is 3. The van der Waals surface area contributed by atoms with Gasteiger partial charge < -0.3 is 18.7 Å². The second kappa shape index (κ2) is 12.5. The molecule has 0 saturated heterocycles. The third kappa shape index (κ3) is 10.7. The molecule has 0 aromatic rings. The van der Waals surface area contributed by atoms with Gasteiger partial charge in [-0.3, -0.25) is 9.36 Å². The molecule has 8 nitrogen and oxygen atoms in total. The van der Waals surface area contributed by atoms with E-state index in [0.717, 1.165) is 12.2 Å². The quantitative estimate of drug-likeness (QED) is 0.188. The minimum atomic E-state index is -2.84. The van der Waals surface area contributed by atoms with Gasteiger partial charge in [0.2, 0.25) is 7.37 Å². The number of hydrogen-bond acceptors (Lipinski definition) is 8. The van der Waals surface area contributed by atoms with Gasteiger partial charge in [0.05, 0.1) is 18.4 Å². The van der Waals surface area contributed by atoms with Crippen molar-refractivity contribution in [2.45, 2.75) is 26.7 Å². The maximum absolute atomic E-state index is 12.0. The molecule has 0 rings (SSSR count). The van der Waals surface area contributed by atoms with Gasteiger partial charge in [0.15, 0.2) is 0 Å². The lowest BCUT2D eigenvalue weighted by molar-refractivity contribution is -0.158. The monoisotopic (exact) mass is 404 g/mol. The Morgan fingerprint density at radius 2 is 1.44 bits per heavy atom. The Hall–Kier alpha value is -1.92. The molecule has 0 saturated carbocycles. The number of esters is 3. The molecule has 0 heterocycles. The smallest absolute Gasteiger partial charge is 0.330 e. The van der Waals surface area contributed by atoms with Crippen LogP contribution in [0.3, 0.4) is 0 Å². The highest BCUT2D eigenvalue weighted by Crippen LogP contribution is 2.42. The van der Waals surface area contributed by atoms with Crippen molar-refractivity contribution < 1.29 is 37.7 Å². The van der Waals surface area contributed by atoms with E-state index in [1.54, 1.807) is 13.8 Å². The summed E-state index contributed by atoms with van der Waals surface area (Å²) in [6.07, 6.45) is 2.41. The van der Waals surface area contributed by atoms with E-state index in [-0.39, 0.29) is 32.4 Å². The van der Waals surface area contributed by atoms with E-state index in [1.807, 2.05) is 0 Å². The first kappa shape index (κ1) is 25.1. The average molecular weight is 404 g/mol. The van der Waals surface area contributed by atoms with E-state index in [2.05, 4.69) is 13.2 Å². The first-order chi connectivity index (χ1) is 12.6. The second-order valence-corrected chi connectivity index (χ2v) is 8.78. The van der Waals surface area contributed by atoms with Crippen LogP contribution in [0, 0.1) is 5.41 Å². The van der Waals surface area contributed by atoms with Gasteiger partial charge in [-0.05, 0) is 13.3 Å². The zero-order chi connectivity index (χ0) is 20.9.